The predicted molar refractivity (Wildman–Crippen MR) is 98.9 cm³/mol. The summed E-state index contributed by atoms with van der Waals surface area (Å²) < 4.78 is 55.5. The molecule has 1 aliphatic rings. The molecule has 0 spiro atoms. The van der Waals surface area contributed by atoms with Crippen molar-refractivity contribution in [3.05, 3.63) is 35.9 Å². The molecule has 0 aromatic carbocycles. The van der Waals surface area contributed by atoms with Crippen LogP contribution >= 0.6 is 0 Å². The first-order valence-corrected chi connectivity index (χ1v) is 9.03. The van der Waals surface area contributed by atoms with Crippen LogP contribution in [0.1, 0.15) is 22.6 Å². The fourth-order valence-electron chi connectivity index (χ4n) is 3.42. The number of rotatable bonds is 3. The highest BCUT2D eigenvalue weighted by atomic mass is 19.4. The molecule has 160 valence electrons. The quantitative estimate of drug-likeness (QED) is 0.617. The van der Waals surface area contributed by atoms with Gasteiger partial charge in [0.2, 0.25) is 5.95 Å². The van der Waals surface area contributed by atoms with Gasteiger partial charge in [-0.3, -0.25) is 9.48 Å². The lowest BCUT2D eigenvalue weighted by atomic mass is 10.1. The van der Waals surface area contributed by atoms with Crippen LogP contribution in [0, 0.1) is 0 Å². The van der Waals surface area contributed by atoms with Crippen LogP contribution in [0.5, 0.6) is 0 Å². The number of fused-ring (bicyclic) bond motifs is 1. The molecule has 1 fully saturated rings. The highest BCUT2D eigenvalue weighted by Gasteiger charge is 2.38. The molecule has 4 heterocycles. The van der Waals surface area contributed by atoms with Crippen LogP contribution in [0.2, 0.25) is 0 Å². The number of aromatic nitrogens is 5. The molecule has 13 heteroatoms. The number of halogens is 4. The number of aryl methyl sites for hydroxylation is 1. The summed E-state index contributed by atoms with van der Waals surface area (Å²) in [4.78, 5) is 18.4. The molecule has 0 unspecified atom stereocenters. The topological polar surface area (TPSA) is 106 Å². The van der Waals surface area contributed by atoms with E-state index in [2.05, 4.69) is 20.5 Å². The average molecular weight is 426 g/mol. The second-order valence-corrected chi connectivity index (χ2v) is 7.13. The number of anilines is 2. The molecule has 4 rings (SSSR count). The molecule has 1 saturated heterocycles. The van der Waals surface area contributed by atoms with E-state index in [1.165, 1.54) is 23.8 Å². The van der Waals surface area contributed by atoms with E-state index in [1.54, 1.807) is 11.0 Å². The third kappa shape index (κ3) is 3.79. The van der Waals surface area contributed by atoms with Gasteiger partial charge in [-0.2, -0.15) is 18.3 Å². The molecule has 0 radical (unpaired) electrons. The van der Waals surface area contributed by atoms with E-state index >= 15 is 0 Å². The van der Waals surface area contributed by atoms with Gasteiger partial charge in [-0.05, 0) is 18.6 Å². The minimum atomic E-state index is -4.73. The molecule has 0 saturated carbocycles. The lowest BCUT2D eigenvalue weighted by Gasteiger charge is -2.32. The van der Waals surface area contributed by atoms with Crippen LogP contribution in [-0.4, -0.2) is 55.6 Å². The highest BCUT2D eigenvalue weighted by molar-refractivity contribution is 6.04. The Kier molecular flexibility index (Phi) is 4.84. The first-order valence-electron chi connectivity index (χ1n) is 9.03. The lowest BCUT2D eigenvalue weighted by molar-refractivity contribution is -0.140. The first kappa shape index (κ1) is 20.1. The molecule has 1 amide bonds. The van der Waals surface area contributed by atoms with E-state index in [1.807, 2.05) is 0 Å². The largest absolute Gasteiger partial charge is 0.437 e. The molecule has 3 aromatic rings. The van der Waals surface area contributed by atoms with Crippen molar-refractivity contribution in [1.29, 1.82) is 0 Å². The standard InChI is InChI=1S/C17H18F4N8O/c1-27-8-12(14(25-27)17(19,20)21)24-15(30)13-3-2-11-5-23-16(26-29(11)13)28-6-9(18)4-10(22)7-28/h2-3,5,8-10H,4,6-7,22H2,1H3,(H,24,30)/t9-,10-/m1/s1. The van der Waals surface area contributed by atoms with Gasteiger partial charge in [0.25, 0.3) is 5.91 Å². The molecule has 0 aliphatic carbocycles. The third-order valence-electron chi connectivity index (χ3n) is 4.68. The smallest absolute Gasteiger partial charge is 0.335 e. The minimum absolute atomic E-state index is 0.0104. The van der Waals surface area contributed by atoms with Crippen LogP contribution in [0.15, 0.2) is 24.5 Å². The van der Waals surface area contributed by atoms with Gasteiger partial charge in [-0.1, -0.05) is 0 Å². The van der Waals surface area contributed by atoms with E-state index in [4.69, 9.17) is 5.73 Å². The molecular weight excluding hydrogens is 408 g/mol. The molecule has 1 aliphatic heterocycles. The molecule has 3 aromatic heterocycles. The summed E-state index contributed by atoms with van der Waals surface area (Å²) >= 11 is 0. The van der Waals surface area contributed by atoms with Gasteiger partial charge in [-0.25, -0.2) is 13.9 Å². The van der Waals surface area contributed by atoms with E-state index < -0.39 is 29.6 Å². The number of alkyl halides is 4. The summed E-state index contributed by atoms with van der Waals surface area (Å²) in [7, 11) is 1.32. The van der Waals surface area contributed by atoms with Crippen LogP contribution in [0.3, 0.4) is 0 Å². The van der Waals surface area contributed by atoms with E-state index in [9.17, 15) is 22.4 Å². The van der Waals surface area contributed by atoms with Crippen molar-refractivity contribution in [1.82, 2.24) is 24.4 Å². The van der Waals surface area contributed by atoms with E-state index in [0.29, 0.717) is 12.1 Å². The SMILES string of the molecule is Cn1cc(NC(=O)c2ccc3cnc(N4C[C@H](N)C[C@@H](F)C4)nn23)c(C(F)(F)F)n1. The number of hydrogen-bond acceptors (Lipinski definition) is 6. The monoisotopic (exact) mass is 426 g/mol. The van der Waals surface area contributed by atoms with Crippen molar-refractivity contribution < 1.29 is 22.4 Å². The van der Waals surface area contributed by atoms with E-state index in [0.717, 1.165) is 10.9 Å². The average Bonchev–Trinajstić information content (AvgIpc) is 3.23. The van der Waals surface area contributed by atoms with Crippen molar-refractivity contribution in [3.8, 4) is 0 Å². The molecule has 9 nitrogen and oxygen atoms in total. The van der Waals surface area contributed by atoms with Crippen molar-refractivity contribution in [2.75, 3.05) is 23.3 Å². The van der Waals surface area contributed by atoms with Gasteiger partial charge in [0.1, 0.15) is 11.9 Å². The van der Waals surface area contributed by atoms with Crippen LogP contribution in [0.4, 0.5) is 29.2 Å². The number of piperidine rings is 1. The van der Waals surface area contributed by atoms with Gasteiger partial charge in [0.15, 0.2) is 5.69 Å². The van der Waals surface area contributed by atoms with Crippen molar-refractivity contribution in [3.63, 3.8) is 0 Å². The third-order valence-corrected chi connectivity index (χ3v) is 4.68. The van der Waals surface area contributed by atoms with Gasteiger partial charge >= 0.3 is 6.18 Å². The van der Waals surface area contributed by atoms with Crippen LogP contribution < -0.4 is 16.0 Å². The summed E-state index contributed by atoms with van der Waals surface area (Å²) in [6.45, 7) is 0.409. The number of amides is 1. The highest BCUT2D eigenvalue weighted by Crippen LogP contribution is 2.33. The number of nitrogens with two attached hydrogens (primary N) is 1. The number of nitrogens with one attached hydrogen (secondary N) is 1. The summed E-state index contributed by atoms with van der Waals surface area (Å²) in [5.41, 5.74) is 4.62. The molecular formula is C17H18F4N8O. The van der Waals surface area contributed by atoms with Gasteiger partial charge in [0, 0.05) is 25.8 Å². The van der Waals surface area contributed by atoms with Crippen molar-refractivity contribution in [2.45, 2.75) is 24.8 Å². The summed E-state index contributed by atoms with van der Waals surface area (Å²) in [6, 6.07) is 2.57. The number of nitrogens with zero attached hydrogens (tertiary/aromatic N) is 6. The normalized spacial score (nSPS) is 20.0. The minimum Gasteiger partial charge on any atom is -0.335 e. The Morgan fingerprint density at radius 1 is 1.27 bits per heavy atom. The molecule has 30 heavy (non-hydrogen) atoms. The van der Waals surface area contributed by atoms with Gasteiger partial charge < -0.3 is 16.0 Å². The zero-order valence-corrected chi connectivity index (χ0v) is 15.8. The zero-order valence-electron chi connectivity index (χ0n) is 15.8. The summed E-state index contributed by atoms with van der Waals surface area (Å²) in [5, 5.41) is 9.86. The number of carbonyl (C=O) groups excluding carboxylic acids is 1. The van der Waals surface area contributed by atoms with Crippen molar-refractivity contribution in [2.24, 2.45) is 12.8 Å². The van der Waals surface area contributed by atoms with Crippen LogP contribution in [-0.2, 0) is 13.2 Å². The molecule has 0 bridgehead atoms. The maximum atomic E-state index is 13.9. The second-order valence-electron chi connectivity index (χ2n) is 7.13. The Hall–Kier alpha value is -3.22. The van der Waals surface area contributed by atoms with Gasteiger partial charge in [0.05, 0.1) is 23.9 Å². The summed E-state index contributed by atoms with van der Waals surface area (Å²) in [6.07, 6.45) is -3.11. The fourth-order valence-corrected chi connectivity index (χ4v) is 3.42. The number of hydrogen-bond donors (Lipinski definition) is 2. The van der Waals surface area contributed by atoms with Gasteiger partial charge in [-0.15, -0.1) is 5.10 Å². The van der Waals surface area contributed by atoms with E-state index in [-0.39, 0.29) is 30.6 Å². The van der Waals surface area contributed by atoms with Crippen LogP contribution in [0.25, 0.3) is 5.52 Å². The Balaban J connectivity index is 1.64. The molecule has 2 atom stereocenters. The maximum Gasteiger partial charge on any atom is 0.437 e. The zero-order chi connectivity index (χ0) is 21.6. The number of carbonyl (C=O) groups is 1. The Labute approximate surface area is 167 Å². The first-order chi connectivity index (χ1) is 14.1. The lowest BCUT2D eigenvalue weighted by Crippen LogP contribution is -2.48. The molecule has 3 N–H and O–H groups in total. The fraction of sp³-hybridized carbons (Fsp3) is 0.412. The summed E-state index contributed by atoms with van der Waals surface area (Å²) in [5.74, 6) is -0.639. The second kappa shape index (κ2) is 7.23. The van der Waals surface area contributed by atoms with Crippen molar-refractivity contribution >= 4 is 23.1 Å². The Morgan fingerprint density at radius 3 is 2.73 bits per heavy atom. The Morgan fingerprint density at radius 2 is 2.03 bits per heavy atom. The maximum absolute atomic E-state index is 13.9. The Bertz CT molecular complexity index is 1080. The predicted octanol–water partition coefficient (Wildman–Crippen LogP) is 1.61.